The molecule has 6 nitrogen and oxygen atoms in total. The van der Waals surface area contributed by atoms with E-state index >= 15 is 0 Å². The lowest BCUT2D eigenvalue weighted by atomic mass is 10.3. The number of hydrogen-bond acceptors (Lipinski definition) is 5. The molecule has 0 aliphatic rings. The Labute approximate surface area is 108 Å². The highest BCUT2D eigenvalue weighted by atomic mass is 16.5. The molecule has 6 heteroatoms. The van der Waals surface area contributed by atoms with Gasteiger partial charge in [-0.3, -0.25) is 9.59 Å². The summed E-state index contributed by atoms with van der Waals surface area (Å²) in [5.41, 5.74) is 0. The number of amides is 1. The first kappa shape index (κ1) is 17.0. The van der Waals surface area contributed by atoms with E-state index in [4.69, 9.17) is 9.47 Å². The zero-order valence-electron chi connectivity index (χ0n) is 11.3. The second-order valence-electron chi connectivity index (χ2n) is 3.92. The maximum Gasteiger partial charge on any atom is 0.220 e. The summed E-state index contributed by atoms with van der Waals surface area (Å²) in [7, 11) is 1.84. The van der Waals surface area contributed by atoms with Crippen LogP contribution >= 0.6 is 0 Å². The van der Waals surface area contributed by atoms with Crippen molar-refractivity contribution in [3.63, 3.8) is 0 Å². The Morgan fingerprint density at radius 3 is 2.44 bits per heavy atom. The summed E-state index contributed by atoms with van der Waals surface area (Å²) in [6, 6.07) is 0. The fraction of sp³-hybridized carbons (Fsp3) is 0.833. The second kappa shape index (κ2) is 12.5. The number of carbonyl (C=O) groups is 2. The molecule has 0 aliphatic carbocycles. The van der Waals surface area contributed by atoms with Gasteiger partial charge in [0, 0.05) is 26.1 Å². The molecular formula is C12H24N2O4. The molecular weight excluding hydrogens is 236 g/mol. The average Bonchev–Trinajstić information content (AvgIpc) is 2.32. The highest BCUT2D eigenvalue weighted by molar-refractivity contribution is 5.76. The van der Waals surface area contributed by atoms with E-state index < -0.39 is 0 Å². The molecule has 0 saturated heterocycles. The largest absolute Gasteiger partial charge is 0.379 e. The number of nitrogens with one attached hydrogen (secondary N) is 2. The molecule has 0 aliphatic heterocycles. The van der Waals surface area contributed by atoms with Crippen molar-refractivity contribution in [3.05, 3.63) is 0 Å². The van der Waals surface area contributed by atoms with Crippen molar-refractivity contribution in [1.29, 1.82) is 0 Å². The minimum atomic E-state index is 0.00763. The van der Waals surface area contributed by atoms with E-state index in [1.807, 2.05) is 7.05 Å². The molecule has 0 bridgehead atoms. The molecule has 0 rings (SSSR count). The lowest BCUT2D eigenvalue weighted by Gasteiger charge is -2.06. The number of rotatable bonds is 12. The van der Waals surface area contributed by atoms with Gasteiger partial charge in [0.05, 0.1) is 13.2 Å². The van der Waals surface area contributed by atoms with Crippen molar-refractivity contribution in [3.8, 4) is 0 Å². The lowest BCUT2D eigenvalue weighted by molar-refractivity contribution is -0.123. The first-order valence-corrected chi connectivity index (χ1v) is 6.23. The van der Waals surface area contributed by atoms with E-state index in [1.54, 1.807) is 0 Å². The van der Waals surface area contributed by atoms with E-state index in [-0.39, 0.29) is 18.3 Å². The summed E-state index contributed by atoms with van der Waals surface area (Å²) in [5, 5.41) is 5.74. The Bertz CT molecular complexity index is 234. The van der Waals surface area contributed by atoms with Gasteiger partial charge in [0.1, 0.15) is 6.61 Å². The minimum absolute atomic E-state index is 0.00763. The SMILES string of the molecule is CNCCNC(=O)CCCOCCOCC(C)=O. The Morgan fingerprint density at radius 1 is 1.06 bits per heavy atom. The van der Waals surface area contributed by atoms with Crippen LogP contribution in [0.4, 0.5) is 0 Å². The molecule has 0 saturated carbocycles. The molecule has 0 aromatic rings. The molecule has 0 unspecified atom stereocenters. The van der Waals surface area contributed by atoms with Gasteiger partial charge >= 0.3 is 0 Å². The molecule has 106 valence electrons. The average molecular weight is 260 g/mol. The van der Waals surface area contributed by atoms with Crippen LogP contribution in [-0.4, -0.2) is 58.3 Å². The van der Waals surface area contributed by atoms with Crippen LogP contribution in [0.25, 0.3) is 0 Å². The monoisotopic (exact) mass is 260 g/mol. The van der Waals surface area contributed by atoms with Crippen LogP contribution in [0.5, 0.6) is 0 Å². The van der Waals surface area contributed by atoms with E-state index in [0.717, 1.165) is 6.54 Å². The molecule has 0 radical (unpaired) electrons. The minimum Gasteiger partial charge on any atom is -0.379 e. The maximum atomic E-state index is 11.3. The van der Waals surface area contributed by atoms with E-state index in [2.05, 4.69) is 10.6 Å². The molecule has 0 aromatic heterocycles. The Hall–Kier alpha value is -0.980. The van der Waals surface area contributed by atoms with Crippen LogP contribution in [0.2, 0.25) is 0 Å². The highest BCUT2D eigenvalue weighted by Gasteiger charge is 2.00. The fourth-order valence-corrected chi connectivity index (χ4v) is 1.19. The Morgan fingerprint density at radius 2 is 1.78 bits per heavy atom. The van der Waals surface area contributed by atoms with Crippen molar-refractivity contribution >= 4 is 11.7 Å². The van der Waals surface area contributed by atoms with Crippen LogP contribution in [0.1, 0.15) is 19.8 Å². The Balaban J connectivity index is 3.15. The fourth-order valence-electron chi connectivity index (χ4n) is 1.19. The predicted octanol–water partition coefficient (Wildman–Crippen LogP) is -0.276. The van der Waals surface area contributed by atoms with Gasteiger partial charge in [0.25, 0.3) is 0 Å². The first-order chi connectivity index (χ1) is 8.66. The smallest absolute Gasteiger partial charge is 0.220 e. The van der Waals surface area contributed by atoms with E-state index in [0.29, 0.717) is 39.2 Å². The molecule has 0 fully saturated rings. The molecule has 0 atom stereocenters. The zero-order chi connectivity index (χ0) is 13.6. The lowest BCUT2D eigenvalue weighted by Crippen LogP contribution is -2.30. The van der Waals surface area contributed by atoms with Gasteiger partial charge in [-0.1, -0.05) is 0 Å². The van der Waals surface area contributed by atoms with Crippen molar-refractivity contribution < 1.29 is 19.1 Å². The summed E-state index contributed by atoms with van der Waals surface area (Å²) in [5.74, 6) is 0.0509. The predicted molar refractivity (Wildman–Crippen MR) is 68.5 cm³/mol. The molecule has 2 N–H and O–H groups in total. The van der Waals surface area contributed by atoms with Gasteiger partial charge in [0.15, 0.2) is 5.78 Å². The van der Waals surface area contributed by atoms with Crippen LogP contribution < -0.4 is 10.6 Å². The number of ether oxygens (including phenoxy) is 2. The molecule has 0 aromatic carbocycles. The van der Waals surface area contributed by atoms with Gasteiger partial charge in [-0.2, -0.15) is 0 Å². The third-order valence-corrected chi connectivity index (χ3v) is 2.07. The van der Waals surface area contributed by atoms with Crippen molar-refractivity contribution in [2.45, 2.75) is 19.8 Å². The number of ketones is 1. The normalized spacial score (nSPS) is 10.3. The molecule has 0 spiro atoms. The summed E-state index contributed by atoms with van der Waals surface area (Å²) < 4.78 is 10.3. The first-order valence-electron chi connectivity index (χ1n) is 6.23. The Kier molecular flexibility index (Phi) is 11.8. The van der Waals surface area contributed by atoms with Crippen LogP contribution in [0.3, 0.4) is 0 Å². The summed E-state index contributed by atoms with van der Waals surface area (Å²) in [6.07, 6.45) is 1.16. The summed E-state index contributed by atoms with van der Waals surface area (Å²) in [6.45, 7) is 4.43. The quantitative estimate of drug-likeness (QED) is 0.472. The van der Waals surface area contributed by atoms with E-state index in [1.165, 1.54) is 6.92 Å². The van der Waals surface area contributed by atoms with Crippen molar-refractivity contribution in [2.75, 3.05) is 46.6 Å². The van der Waals surface area contributed by atoms with Gasteiger partial charge in [0.2, 0.25) is 5.91 Å². The van der Waals surface area contributed by atoms with E-state index in [9.17, 15) is 9.59 Å². The topological polar surface area (TPSA) is 76.7 Å². The van der Waals surface area contributed by atoms with Crippen molar-refractivity contribution in [1.82, 2.24) is 10.6 Å². The third-order valence-electron chi connectivity index (χ3n) is 2.07. The summed E-state index contributed by atoms with van der Waals surface area (Å²) >= 11 is 0. The molecule has 1 amide bonds. The molecule has 18 heavy (non-hydrogen) atoms. The van der Waals surface area contributed by atoms with Gasteiger partial charge in [-0.05, 0) is 20.4 Å². The van der Waals surface area contributed by atoms with Crippen molar-refractivity contribution in [2.24, 2.45) is 0 Å². The third kappa shape index (κ3) is 13.1. The number of likely N-dealkylation sites (N-methyl/N-ethyl adjacent to an activating group) is 1. The van der Waals surface area contributed by atoms with Crippen LogP contribution in [-0.2, 0) is 19.1 Å². The summed E-state index contributed by atoms with van der Waals surface area (Å²) in [4.78, 5) is 21.8. The van der Waals surface area contributed by atoms with Gasteiger partial charge in [-0.15, -0.1) is 0 Å². The number of hydrogen-bond donors (Lipinski definition) is 2. The standard InChI is InChI=1S/C12H24N2O4/c1-11(15)10-18-9-8-17-7-3-4-12(16)14-6-5-13-2/h13H,3-10H2,1-2H3,(H,14,16). The van der Waals surface area contributed by atoms with Gasteiger partial charge < -0.3 is 20.1 Å². The van der Waals surface area contributed by atoms with Gasteiger partial charge in [-0.25, -0.2) is 0 Å². The highest BCUT2D eigenvalue weighted by Crippen LogP contribution is 1.90. The number of carbonyl (C=O) groups excluding carboxylic acids is 2. The zero-order valence-corrected chi connectivity index (χ0v) is 11.3. The maximum absolute atomic E-state index is 11.3. The molecule has 0 heterocycles. The van der Waals surface area contributed by atoms with Crippen LogP contribution in [0, 0.1) is 0 Å². The van der Waals surface area contributed by atoms with Crippen LogP contribution in [0.15, 0.2) is 0 Å². The second-order valence-corrected chi connectivity index (χ2v) is 3.92. The number of Topliss-reactive ketones (excluding diaryl/α,β-unsaturated/α-hetero) is 1.